The maximum absolute atomic E-state index is 11.9. The van der Waals surface area contributed by atoms with Crippen LogP contribution in [0, 0.1) is 0 Å². The van der Waals surface area contributed by atoms with Crippen molar-refractivity contribution in [2.75, 3.05) is 0 Å². The highest BCUT2D eigenvalue weighted by atomic mass is 16.4. The quantitative estimate of drug-likeness (QED) is 0.833. The maximum atomic E-state index is 11.9. The molecular formula is C12H16N2O3. The van der Waals surface area contributed by atoms with Crippen molar-refractivity contribution in [1.29, 1.82) is 0 Å². The first kappa shape index (κ1) is 13.2. The summed E-state index contributed by atoms with van der Waals surface area (Å²) in [6.07, 6.45) is 3.34. The zero-order valence-corrected chi connectivity index (χ0v) is 10.2. The van der Waals surface area contributed by atoms with E-state index in [2.05, 4.69) is 10.3 Å². The highest BCUT2D eigenvalue weighted by molar-refractivity contribution is 6.04. The molecule has 0 atom stereocenters. The number of hydrogen-bond acceptors (Lipinski definition) is 3. The van der Waals surface area contributed by atoms with Gasteiger partial charge >= 0.3 is 5.97 Å². The molecule has 5 heteroatoms. The second kappa shape index (κ2) is 4.95. The molecule has 0 fully saturated rings. The Bertz CT molecular complexity index is 441. The lowest BCUT2D eigenvalue weighted by Gasteiger charge is -2.24. The van der Waals surface area contributed by atoms with Crippen molar-refractivity contribution in [3.63, 3.8) is 0 Å². The van der Waals surface area contributed by atoms with Crippen molar-refractivity contribution in [2.45, 2.75) is 32.7 Å². The third kappa shape index (κ3) is 3.27. The summed E-state index contributed by atoms with van der Waals surface area (Å²) in [6, 6.07) is 1.41. The van der Waals surface area contributed by atoms with Crippen molar-refractivity contribution in [2.24, 2.45) is 0 Å². The number of pyridine rings is 1. The van der Waals surface area contributed by atoms with Gasteiger partial charge in [-0.3, -0.25) is 9.78 Å². The lowest BCUT2D eigenvalue weighted by molar-refractivity contribution is 0.0689. The summed E-state index contributed by atoms with van der Waals surface area (Å²) in [6.45, 7) is 5.71. The van der Waals surface area contributed by atoms with E-state index >= 15 is 0 Å². The molecule has 0 saturated carbocycles. The number of hydrogen-bond donors (Lipinski definition) is 2. The summed E-state index contributed by atoms with van der Waals surface area (Å²) in [4.78, 5) is 26.6. The molecule has 92 valence electrons. The van der Waals surface area contributed by atoms with E-state index in [4.69, 9.17) is 5.11 Å². The van der Waals surface area contributed by atoms with Gasteiger partial charge < -0.3 is 10.4 Å². The number of carboxylic acid groups (broad SMARTS) is 1. The predicted molar refractivity (Wildman–Crippen MR) is 63.0 cm³/mol. The first-order valence-corrected chi connectivity index (χ1v) is 5.37. The van der Waals surface area contributed by atoms with Gasteiger partial charge in [-0.05, 0) is 26.3 Å². The van der Waals surface area contributed by atoms with Crippen LogP contribution in [0.1, 0.15) is 47.9 Å². The zero-order valence-electron chi connectivity index (χ0n) is 10.2. The Kier molecular flexibility index (Phi) is 3.83. The monoisotopic (exact) mass is 236 g/mol. The molecule has 0 bridgehead atoms. The number of amides is 1. The number of carbonyl (C=O) groups is 2. The van der Waals surface area contributed by atoms with Crippen LogP contribution < -0.4 is 5.32 Å². The molecule has 2 N–H and O–H groups in total. The summed E-state index contributed by atoms with van der Waals surface area (Å²) in [5, 5.41) is 11.7. The lowest BCUT2D eigenvalue weighted by atomic mass is 10.0. The van der Waals surface area contributed by atoms with Gasteiger partial charge in [-0.15, -0.1) is 0 Å². The van der Waals surface area contributed by atoms with Gasteiger partial charge in [0, 0.05) is 17.9 Å². The van der Waals surface area contributed by atoms with Crippen molar-refractivity contribution >= 4 is 11.9 Å². The van der Waals surface area contributed by atoms with Crippen LogP contribution in [-0.4, -0.2) is 27.5 Å². The van der Waals surface area contributed by atoms with E-state index in [1.54, 1.807) is 0 Å². The minimum Gasteiger partial charge on any atom is -0.478 e. The molecule has 0 aliphatic heterocycles. The molecule has 0 saturated heterocycles. The number of carbonyl (C=O) groups excluding carboxylic acids is 1. The Morgan fingerprint density at radius 1 is 1.41 bits per heavy atom. The standard InChI is InChI=1S/C12H16N2O3/c1-4-12(2,3)14-10(15)8-5-6-13-7-9(8)11(16)17/h5-7H,4H2,1-3H3,(H,14,15)(H,16,17). The summed E-state index contributed by atoms with van der Waals surface area (Å²) in [5.74, 6) is -1.55. The van der Waals surface area contributed by atoms with Crippen LogP contribution in [0.15, 0.2) is 18.5 Å². The molecule has 0 spiro atoms. The van der Waals surface area contributed by atoms with Gasteiger partial charge in [-0.1, -0.05) is 6.92 Å². The molecule has 1 heterocycles. The fourth-order valence-corrected chi connectivity index (χ4v) is 1.23. The molecular weight excluding hydrogens is 220 g/mol. The van der Waals surface area contributed by atoms with E-state index in [9.17, 15) is 9.59 Å². The number of aromatic nitrogens is 1. The van der Waals surface area contributed by atoms with E-state index in [1.807, 2.05) is 20.8 Å². The Morgan fingerprint density at radius 2 is 2.06 bits per heavy atom. The predicted octanol–water partition coefficient (Wildman–Crippen LogP) is 1.70. The lowest BCUT2D eigenvalue weighted by Crippen LogP contribution is -2.43. The summed E-state index contributed by atoms with van der Waals surface area (Å²) >= 11 is 0. The topological polar surface area (TPSA) is 79.3 Å². The molecule has 1 aromatic rings. The van der Waals surface area contributed by atoms with Crippen molar-refractivity contribution < 1.29 is 14.7 Å². The van der Waals surface area contributed by atoms with E-state index in [0.717, 1.165) is 6.42 Å². The Hall–Kier alpha value is -1.91. The van der Waals surface area contributed by atoms with Crippen LogP contribution >= 0.6 is 0 Å². The summed E-state index contributed by atoms with van der Waals surface area (Å²) in [5.41, 5.74) is -0.318. The SMILES string of the molecule is CCC(C)(C)NC(=O)c1ccncc1C(=O)O. The first-order valence-electron chi connectivity index (χ1n) is 5.37. The van der Waals surface area contributed by atoms with Gasteiger partial charge in [0.25, 0.3) is 5.91 Å². The average molecular weight is 236 g/mol. The molecule has 5 nitrogen and oxygen atoms in total. The molecule has 0 radical (unpaired) electrons. The molecule has 0 aliphatic carbocycles. The zero-order chi connectivity index (χ0) is 13.1. The minimum atomic E-state index is -1.16. The second-order valence-electron chi connectivity index (χ2n) is 4.42. The number of nitrogens with one attached hydrogen (secondary N) is 1. The third-order valence-electron chi connectivity index (χ3n) is 2.63. The number of nitrogens with zero attached hydrogens (tertiary/aromatic N) is 1. The largest absolute Gasteiger partial charge is 0.478 e. The molecule has 1 rings (SSSR count). The van der Waals surface area contributed by atoms with Crippen molar-refractivity contribution in [3.05, 3.63) is 29.6 Å². The molecule has 0 unspecified atom stereocenters. The van der Waals surface area contributed by atoms with E-state index < -0.39 is 11.9 Å². The summed E-state index contributed by atoms with van der Waals surface area (Å²) < 4.78 is 0. The van der Waals surface area contributed by atoms with Crippen LogP contribution in [0.25, 0.3) is 0 Å². The van der Waals surface area contributed by atoms with E-state index in [1.165, 1.54) is 18.5 Å². The van der Waals surface area contributed by atoms with Gasteiger partial charge in [0.05, 0.1) is 11.1 Å². The normalized spacial score (nSPS) is 11.0. The molecule has 0 aliphatic rings. The van der Waals surface area contributed by atoms with Gasteiger partial charge in [0.15, 0.2) is 0 Å². The first-order chi connectivity index (χ1) is 7.87. The molecule has 1 aromatic heterocycles. The highest BCUT2D eigenvalue weighted by Crippen LogP contribution is 2.12. The third-order valence-corrected chi connectivity index (χ3v) is 2.63. The molecule has 17 heavy (non-hydrogen) atoms. The van der Waals surface area contributed by atoms with Crippen LogP contribution in [0.2, 0.25) is 0 Å². The van der Waals surface area contributed by atoms with Crippen LogP contribution in [0.4, 0.5) is 0 Å². The Labute approximate surface area is 99.9 Å². The molecule has 0 aromatic carbocycles. The van der Waals surface area contributed by atoms with Crippen molar-refractivity contribution in [3.8, 4) is 0 Å². The summed E-state index contributed by atoms with van der Waals surface area (Å²) in [7, 11) is 0. The van der Waals surface area contributed by atoms with E-state index in [-0.39, 0.29) is 16.7 Å². The Morgan fingerprint density at radius 3 is 2.59 bits per heavy atom. The fraction of sp³-hybridized carbons (Fsp3) is 0.417. The van der Waals surface area contributed by atoms with Gasteiger partial charge in [-0.25, -0.2) is 4.79 Å². The van der Waals surface area contributed by atoms with Gasteiger partial charge in [-0.2, -0.15) is 0 Å². The van der Waals surface area contributed by atoms with Crippen LogP contribution in [0.3, 0.4) is 0 Å². The van der Waals surface area contributed by atoms with Gasteiger partial charge in [0.2, 0.25) is 0 Å². The smallest absolute Gasteiger partial charge is 0.338 e. The fourth-order valence-electron chi connectivity index (χ4n) is 1.23. The number of carboxylic acids is 1. The van der Waals surface area contributed by atoms with Gasteiger partial charge in [0.1, 0.15) is 0 Å². The number of rotatable bonds is 4. The highest BCUT2D eigenvalue weighted by Gasteiger charge is 2.22. The van der Waals surface area contributed by atoms with E-state index in [0.29, 0.717) is 0 Å². The average Bonchev–Trinajstić information content (AvgIpc) is 2.28. The Balaban J connectivity index is 3.01. The van der Waals surface area contributed by atoms with Crippen molar-refractivity contribution in [1.82, 2.24) is 10.3 Å². The van der Waals surface area contributed by atoms with Crippen LogP contribution in [-0.2, 0) is 0 Å². The minimum absolute atomic E-state index is 0.0862. The second-order valence-corrected chi connectivity index (χ2v) is 4.42. The molecule has 1 amide bonds. The van der Waals surface area contributed by atoms with Crippen LogP contribution in [0.5, 0.6) is 0 Å². The maximum Gasteiger partial charge on any atom is 0.338 e. The number of aromatic carboxylic acids is 1.